The van der Waals surface area contributed by atoms with Crippen LogP contribution in [-0.4, -0.2) is 67.7 Å². The number of piperidine rings is 1. The quantitative estimate of drug-likeness (QED) is 0.809. The second kappa shape index (κ2) is 8.02. The van der Waals surface area contributed by atoms with E-state index in [1.807, 2.05) is 29.3 Å². The van der Waals surface area contributed by atoms with Crippen molar-refractivity contribution in [1.82, 2.24) is 14.4 Å². The van der Waals surface area contributed by atoms with E-state index in [2.05, 4.69) is 29.6 Å². The minimum Gasteiger partial charge on any atom is -0.383 e. The smallest absolute Gasteiger partial charge is 0.256 e. The zero-order valence-electron chi connectivity index (χ0n) is 15.6. The lowest BCUT2D eigenvalue weighted by Gasteiger charge is -2.34. The molecule has 5 heteroatoms. The first-order valence-corrected chi connectivity index (χ1v) is 9.11. The Labute approximate surface area is 150 Å². The summed E-state index contributed by atoms with van der Waals surface area (Å²) in [7, 11) is 5.91. The molecule has 1 atom stereocenters. The Morgan fingerprint density at radius 1 is 1.32 bits per heavy atom. The number of ether oxygens (including phenoxy) is 1. The lowest BCUT2D eigenvalue weighted by atomic mass is 9.97. The van der Waals surface area contributed by atoms with Crippen molar-refractivity contribution in [2.24, 2.45) is 5.92 Å². The summed E-state index contributed by atoms with van der Waals surface area (Å²) in [4.78, 5) is 17.5. The van der Waals surface area contributed by atoms with Crippen molar-refractivity contribution in [2.75, 3.05) is 47.4 Å². The Balaban J connectivity index is 1.84. The molecule has 1 saturated heterocycles. The molecule has 1 aliphatic rings. The summed E-state index contributed by atoms with van der Waals surface area (Å²) >= 11 is 0. The average molecular weight is 343 g/mol. The average Bonchev–Trinajstić information content (AvgIpc) is 2.98. The van der Waals surface area contributed by atoms with Crippen LogP contribution in [-0.2, 0) is 11.3 Å². The van der Waals surface area contributed by atoms with Gasteiger partial charge in [0.1, 0.15) is 0 Å². The number of likely N-dealkylation sites (tertiary alicyclic amines) is 1. The number of nitrogens with zero attached hydrogens (tertiary/aromatic N) is 3. The molecule has 1 aromatic heterocycles. The van der Waals surface area contributed by atoms with Gasteiger partial charge in [-0.05, 0) is 38.9 Å². The predicted molar refractivity (Wildman–Crippen MR) is 101 cm³/mol. The third-order valence-electron chi connectivity index (χ3n) is 4.98. The summed E-state index contributed by atoms with van der Waals surface area (Å²) in [5.41, 5.74) is 1.92. The van der Waals surface area contributed by atoms with Crippen molar-refractivity contribution in [2.45, 2.75) is 19.4 Å². The van der Waals surface area contributed by atoms with E-state index in [1.165, 1.54) is 6.42 Å². The molecule has 0 saturated carbocycles. The number of hydrogen-bond donors (Lipinski definition) is 0. The Bertz CT molecular complexity index is 723. The van der Waals surface area contributed by atoms with E-state index in [9.17, 15) is 4.79 Å². The highest BCUT2D eigenvalue weighted by Crippen LogP contribution is 2.25. The molecular weight excluding hydrogens is 314 g/mol. The van der Waals surface area contributed by atoms with Crippen LogP contribution in [0.15, 0.2) is 30.5 Å². The van der Waals surface area contributed by atoms with Gasteiger partial charge in [-0.25, -0.2) is 0 Å². The van der Waals surface area contributed by atoms with Crippen LogP contribution in [0.5, 0.6) is 0 Å². The zero-order valence-corrected chi connectivity index (χ0v) is 15.6. The monoisotopic (exact) mass is 343 g/mol. The molecule has 0 radical (unpaired) electrons. The van der Waals surface area contributed by atoms with Crippen molar-refractivity contribution in [3.05, 3.63) is 36.0 Å². The van der Waals surface area contributed by atoms with Gasteiger partial charge in [-0.1, -0.05) is 18.2 Å². The highest BCUT2D eigenvalue weighted by molar-refractivity contribution is 6.07. The highest BCUT2D eigenvalue weighted by atomic mass is 16.5. The molecule has 5 nitrogen and oxygen atoms in total. The summed E-state index contributed by atoms with van der Waals surface area (Å²) < 4.78 is 7.34. The fraction of sp³-hybridized carbons (Fsp3) is 0.550. The van der Waals surface area contributed by atoms with Crippen LogP contribution in [0.4, 0.5) is 0 Å². The van der Waals surface area contributed by atoms with E-state index >= 15 is 0 Å². The van der Waals surface area contributed by atoms with Gasteiger partial charge in [0.15, 0.2) is 0 Å². The maximum atomic E-state index is 13.2. The first-order chi connectivity index (χ1) is 12.1. The third kappa shape index (κ3) is 4.05. The van der Waals surface area contributed by atoms with Crippen molar-refractivity contribution in [3.8, 4) is 0 Å². The maximum absolute atomic E-state index is 13.2. The van der Waals surface area contributed by atoms with Crippen molar-refractivity contribution < 1.29 is 9.53 Å². The van der Waals surface area contributed by atoms with Crippen LogP contribution in [0, 0.1) is 5.92 Å². The molecule has 3 rings (SSSR count). The number of rotatable bonds is 6. The summed E-state index contributed by atoms with van der Waals surface area (Å²) in [5.74, 6) is 0.727. The molecule has 2 aromatic rings. The SMILES string of the molecule is COCCn1cc(C(=O)N2CCC[C@H](CN(C)C)C2)c2ccccc21. The number of methoxy groups -OCH3 is 1. The van der Waals surface area contributed by atoms with E-state index in [4.69, 9.17) is 4.74 Å². The fourth-order valence-electron chi connectivity index (χ4n) is 3.88. The first-order valence-electron chi connectivity index (χ1n) is 9.11. The molecule has 25 heavy (non-hydrogen) atoms. The largest absolute Gasteiger partial charge is 0.383 e. The van der Waals surface area contributed by atoms with E-state index in [0.717, 1.165) is 49.1 Å². The number of carbonyl (C=O) groups is 1. The second-order valence-electron chi connectivity index (χ2n) is 7.27. The molecule has 1 aliphatic heterocycles. The standard InChI is InChI=1S/C20H29N3O2/c1-21(2)13-16-7-6-10-23(14-16)20(24)18-15-22(11-12-25-3)19-9-5-4-8-17(18)19/h4-5,8-9,15-16H,6-7,10-14H2,1-3H3/t16-/m1/s1. The van der Waals surface area contributed by atoms with Crippen molar-refractivity contribution in [1.29, 1.82) is 0 Å². The van der Waals surface area contributed by atoms with Gasteiger partial charge in [-0.2, -0.15) is 0 Å². The number of benzene rings is 1. The Kier molecular flexibility index (Phi) is 5.76. The van der Waals surface area contributed by atoms with Crippen LogP contribution in [0.2, 0.25) is 0 Å². The molecule has 2 heterocycles. The normalized spacial score (nSPS) is 18.2. The van der Waals surface area contributed by atoms with Crippen molar-refractivity contribution >= 4 is 16.8 Å². The molecule has 0 N–H and O–H groups in total. The second-order valence-corrected chi connectivity index (χ2v) is 7.27. The van der Waals surface area contributed by atoms with E-state index in [-0.39, 0.29) is 5.91 Å². The minimum absolute atomic E-state index is 0.163. The Hall–Kier alpha value is -1.85. The van der Waals surface area contributed by atoms with E-state index in [0.29, 0.717) is 12.5 Å². The van der Waals surface area contributed by atoms with Gasteiger partial charge in [0.25, 0.3) is 5.91 Å². The number of amides is 1. The van der Waals surface area contributed by atoms with Gasteiger partial charge in [-0.15, -0.1) is 0 Å². The van der Waals surface area contributed by atoms with Crippen LogP contribution in [0.1, 0.15) is 23.2 Å². The lowest BCUT2D eigenvalue weighted by Crippen LogP contribution is -2.42. The molecule has 1 aromatic carbocycles. The summed E-state index contributed by atoms with van der Waals surface area (Å²) in [6, 6.07) is 8.15. The van der Waals surface area contributed by atoms with Crippen LogP contribution in [0.3, 0.4) is 0 Å². The van der Waals surface area contributed by atoms with Crippen LogP contribution in [0.25, 0.3) is 10.9 Å². The molecule has 0 unspecified atom stereocenters. The van der Waals surface area contributed by atoms with E-state index < -0.39 is 0 Å². The van der Waals surface area contributed by atoms with Gasteiger partial charge in [0.05, 0.1) is 12.2 Å². The minimum atomic E-state index is 0.163. The Morgan fingerprint density at radius 2 is 2.12 bits per heavy atom. The first kappa shape index (κ1) is 18.0. The fourth-order valence-corrected chi connectivity index (χ4v) is 3.88. The number of aromatic nitrogens is 1. The zero-order chi connectivity index (χ0) is 17.8. The van der Waals surface area contributed by atoms with Gasteiger partial charge in [-0.3, -0.25) is 4.79 Å². The van der Waals surface area contributed by atoms with Gasteiger partial charge < -0.3 is 19.1 Å². The number of hydrogen-bond acceptors (Lipinski definition) is 3. The lowest BCUT2D eigenvalue weighted by molar-refractivity contribution is 0.0656. The van der Waals surface area contributed by atoms with Gasteiger partial charge in [0.2, 0.25) is 0 Å². The van der Waals surface area contributed by atoms with Crippen molar-refractivity contribution in [3.63, 3.8) is 0 Å². The van der Waals surface area contributed by atoms with Gasteiger partial charge >= 0.3 is 0 Å². The number of para-hydroxylation sites is 1. The number of carbonyl (C=O) groups excluding carboxylic acids is 1. The molecule has 0 bridgehead atoms. The molecule has 0 spiro atoms. The summed E-state index contributed by atoms with van der Waals surface area (Å²) in [6.45, 7) is 4.16. The predicted octanol–water partition coefficient (Wildman–Crippen LogP) is 2.70. The molecule has 1 amide bonds. The van der Waals surface area contributed by atoms with Gasteiger partial charge in [0, 0.05) is 50.4 Å². The molecule has 136 valence electrons. The van der Waals surface area contributed by atoms with E-state index in [1.54, 1.807) is 7.11 Å². The maximum Gasteiger partial charge on any atom is 0.256 e. The topological polar surface area (TPSA) is 37.7 Å². The molecule has 1 fully saturated rings. The summed E-state index contributed by atoms with van der Waals surface area (Å²) in [6.07, 6.45) is 4.30. The Morgan fingerprint density at radius 3 is 2.88 bits per heavy atom. The number of fused-ring (bicyclic) bond motifs is 1. The highest BCUT2D eigenvalue weighted by Gasteiger charge is 2.26. The summed E-state index contributed by atoms with van der Waals surface area (Å²) in [5, 5.41) is 1.04. The third-order valence-corrected chi connectivity index (χ3v) is 4.98. The molecular formula is C20H29N3O2. The molecule has 0 aliphatic carbocycles. The van der Waals surface area contributed by atoms with Crippen LogP contribution >= 0.6 is 0 Å². The van der Waals surface area contributed by atoms with Crippen LogP contribution < -0.4 is 0 Å².